The van der Waals surface area contributed by atoms with Crippen LogP contribution >= 0.6 is 0 Å². The Morgan fingerprint density at radius 1 is 0.882 bits per heavy atom. The molecule has 0 spiro atoms. The molecule has 0 unspecified atom stereocenters. The maximum absolute atomic E-state index is 11.4. The van der Waals surface area contributed by atoms with Crippen LogP contribution in [0.5, 0.6) is 0 Å². The molecule has 0 aromatic heterocycles. The third-order valence-corrected chi connectivity index (χ3v) is 2.73. The van der Waals surface area contributed by atoms with Gasteiger partial charge in [-0.2, -0.15) is 0 Å². The average Bonchev–Trinajstić information content (AvgIpc) is 2.39. The van der Waals surface area contributed by atoms with Crippen molar-refractivity contribution in [1.82, 2.24) is 0 Å². The van der Waals surface area contributed by atoms with Gasteiger partial charge in [0.25, 0.3) is 0 Å². The number of carboxylic acids is 1. The Hall–Kier alpha value is -2.13. The summed E-state index contributed by atoms with van der Waals surface area (Å²) in [6.07, 6.45) is 0. The molecule has 0 saturated carbocycles. The molecule has 0 radical (unpaired) electrons. The van der Waals surface area contributed by atoms with Crippen molar-refractivity contribution in [2.24, 2.45) is 0 Å². The summed E-state index contributed by atoms with van der Waals surface area (Å²) in [6.45, 7) is 0. The number of hydrogen-bond donors (Lipinski definition) is 1. The van der Waals surface area contributed by atoms with Crippen molar-refractivity contribution >= 4 is 5.97 Å². The molecule has 0 saturated heterocycles. The fraction of sp³-hybridized carbons (Fsp3) is 0.0714. The quantitative estimate of drug-likeness (QED) is 0.815. The second-order valence-corrected chi connectivity index (χ2v) is 3.79. The molecule has 0 fully saturated rings. The topological polar surface area (TPSA) is 60.2 Å². The lowest BCUT2D eigenvalue weighted by Gasteiger charge is -2.19. The van der Waals surface area contributed by atoms with Crippen molar-refractivity contribution in [3.8, 4) is 0 Å². The summed E-state index contributed by atoms with van der Waals surface area (Å²) in [6, 6.07) is 17.2. The van der Waals surface area contributed by atoms with E-state index in [0.717, 1.165) is 0 Å². The van der Waals surface area contributed by atoms with Crippen LogP contribution < -0.4 is 0 Å². The second kappa shape index (κ2) is 4.39. The van der Waals surface area contributed by atoms with Crippen molar-refractivity contribution in [1.29, 1.82) is 0 Å². The van der Waals surface area contributed by atoms with Gasteiger partial charge < -0.3 is 10.2 Å². The number of rotatable bonds is 3. The fourth-order valence-electron chi connectivity index (χ4n) is 1.79. The van der Waals surface area contributed by atoms with E-state index in [1.807, 2.05) is 0 Å². The fourth-order valence-corrected chi connectivity index (χ4v) is 1.79. The first-order valence-electron chi connectivity index (χ1n) is 5.25. The van der Waals surface area contributed by atoms with Crippen LogP contribution in [0.2, 0.25) is 0 Å². The summed E-state index contributed by atoms with van der Waals surface area (Å²) < 4.78 is 0. The first-order chi connectivity index (χ1) is 8.15. The predicted molar refractivity (Wildman–Crippen MR) is 64.9 cm³/mol. The Bertz CT molecular complexity index is 466. The molecule has 3 N–H and O–H groups in total. The Morgan fingerprint density at radius 2 is 1.24 bits per heavy atom. The van der Waals surface area contributed by atoms with Crippen LogP contribution in [0.3, 0.4) is 0 Å². The Kier molecular flexibility index (Phi) is 2.93. The SMILES string of the molecule is O=C(O)C([OH2+])(c1ccccc1)c1ccccc1. The van der Waals surface area contributed by atoms with Gasteiger partial charge in [-0.3, -0.25) is 0 Å². The highest BCUT2D eigenvalue weighted by Crippen LogP contribution is 2.29. The minimum Gasteiger partial charge on any atom is -0.475 e. The number of hydrogen-bond acceptors (Lipinski definition) is 1. The summed E-state index contributed by atoms with van der Waals surface area (Å²) >= 11 is 0. The molecule has 86 valence electrons. The lowest BCUT2D eigenvalue weighted by Crippen LogP contribution is -2.36. The normalized spacial score (nSPS) is 11.1. The van der Waals surface area contributed by atoms with Crippen molar-refractivity contribution in [3.05, 3.63) is 71.8 Å². The predicted octanol–water partition coefficient (Wildman–Crippen LogP) is 1.74. The van der Waals surface area contributed by atoms with Crippen LogP contribution in [0.25, 0.3) is 0 Å². The van der Waals surface area contributed by atoms with E-state index in [0.29, 0.717) is 11.1 Å². The van der Waals surface area contributed by atoms with E-state index in [9.17, 15) is 9.90 Å². The third-order valence-electron chi connectivity index (χ3n) is 2.73. The van der Waals surface area contributed by atoms with Crippen LogP contribution in [0, 0.1) is 0 Å². The number of benzene rings is 2. The molecule has 0 aliphatic rings. The van der Waals surface area contributed by atoms with E-state index in [2.05, 4.69) is 0 Å². The monoisotopic (exact) mass is 229 g/mol. The van der Waals surface area contributed by atoms with Crippen molar-refractivity contribution in [2.45, 2.75) is 5.60 Å². The van der Waals surface area contributed by atoms with Crippen molar-refractivity contribution in [3.63, 3.8) is 0 Å². The Labute approximate surface area is 99.0 Å². The first-order valence-corrected chi connectivity index (χ1v) is 5.25. The summed E-state index contributed by atoms with van der Waals surface area (Å²) in [5, 5.41) is 17.6. The van der Waals surface area contributed by atoms with Crippen LogP contribution in [-0.4, -0.2) is 16.2 Å². The highest BCUT2D eigenvalue weighted by Gasteiger charge is 2.45. The zero-order valence-electron chi connectivity index (χ0n) is 9.13. The second-order valence-electron chi connectivity index (χ2n) is 3.79. The van der Waals surface area contributed by atoms with Crippen molar-refractivity contribution < 1.29 is 15.0 Å². The molecule has 17 heavy (non-hydrogen) atoms. The molecule has 0 aliphatic heterocycles. The van der Waals surface area contributed by atoms with Gasteiger partial charge in [0.1, 0.15) is 0 Å². The number of carbonyl (C=O) groups is 1. The lowest BCUT2D eigenvalue weighted by atomic mass is 9.86. The summed E-state index contributed by atoms with van der Waals surface area (Å²) in [7, 11) is 0. The molecule has 0 heterocycles. The molecule has 0 aliphatic carbocycles. The Morgan fingerprint density at radius 3 is 1.53 bits per heavy atom. The zero-order chi connectivity index (χ0) is 12.3. The van der Waals surface area contributed by atoms with E-state index < -0.39 is 11.6 Å². The first kappa shape index (κ1) is 11.4. The van der Waals surface area contributed by atoms with Gasteiger partial charge in [0.2, 0.25) is 0 Å². The van der Waals surface area contributed by atoms with E-state index in [-0.39, 0.29) is 0 Å². The average molecular weight is 229 g/mol. The molecular formula is C14H13O3+. The molecule has 2 aromatic carbocycles. The highest BCUT2D eigenvalue weighted by molar-refractivity contribution is 5.83. The highest BCUT2D eigenvalue weighted by atomic mass is 16.4. The molecular weight excluding hydrogens is 216 g/mol. The summed E-state index contributed by atoms with van der Waals surface area (Å²) in [4.78, 5) is 11.4. The van der Waals surface area contributed by atoms with Crippen LogP contribution in [-0.2, 0) is 10.4 Å². The molecule has 0 bridgehead atoms. The molecule has 2 rings (SSSR count). The van der Waals surface area contributed by atoms with Crippen molar-refractivity contribution in [2.75, 3.05) is 0 Å². The molecule has 3 nitrogen and oxygen atoms in total. The molecule has 3 heteroatoms. The zero-order valence-corrected chi connectivity index (χ0v) is 9.13. The third kappa shape index (κ3) is 1.92. The summed E-state index contributed by atoms with van der Waals surface area (Å²) in [5.74, 6) is -1.17. The molecule has 2 aromatic rings. The maximum Gasteiger partial charge on any atom is 0.397 e. The Balaban J connectivity index is 2.59. The number of aliphatic carboxylic acids is 1. The molecule has 0 amide bonds. The molecule has 0 atom stereocenters. The van der Waals surface area contributed by atoms with E-state index in [1.165, 1.54) is 0 Å². The van der Waals surface area contributed by atoms with Gasteiger partial charge in [-0.1, -0.05) is 36.4 Å². The van der Waals surface area contributed by atoms with Gasteiger partial charge >= 0.3 is 11.6 Å². The van der Waals surface area contributed by atoms with Gasteiger partial charge in [-0.25, -0.2) is 4.79 Å². The van der Waals surface area contributed by atoms with E-state index >= 15 is 0 Å². The smallest absolute Gasteiger partial charge is 0.397 e. The minimum atomic E-state index is -1.75. The van der Waals surface area contributed by atoms with Gasteiger partial charge in [0.05, 0.1) is 11.1 Å². The standard InChI is InChI=1S/C14H12O3/c15-13(16)14(17,11-7-3-1-4-8-11)12-9-5-2-6-10-12/h1-10,17H,(H,15,16)/p+1. The van der Waals surface area contributed by atoms with Gasteiger partial charge in [-0.15, -0.1) is 0 Å². The van der Waals surface area contributed by atoms with Crippen LogP contribution in [0.15, 0.2) is 60.7 Å². The summed E-state index contributed by atoms with van der Waals surface area (Å²) in [5.41, 5.74) is -0.833. The number of carboxylic acid groups (broad SMARTS) is 1. The lowest BCUT2D eigenvalue weighted by molar-refractivity contribution is -0.155. The minimum absolute atomic E-state index is 0.457. The van der Waals surface area contributed by atoms with Gasteiger partial charge in [0, 0.05) is 0 Å². The van der Waals surface area contributed by atoms with E-state index in [4.69, 9.17) is 5.11 Å². The van der Waals surface area contributed by atoms with Crippen LogP contribution in [0.4, 0.5) is 0 Å². The van der Waals surface area contributed by atoms with Crippen LogP contribution in [0.1, 0.15) is 11.1 Å². The van der Waals surface area contributed by atoms with E-state index in [1.54, 1.807) is 60.7 Å². The maximum atomic E-state index is 11.4. The van der Waals surface area contributed by atoms with Gasteiger partial charge in [0.15, 0.2) is 0 Å². The largest absolute Gasteiger partial charge is 0.475 e. The van der Waals surface area contributed by atoms with Gasteiger partial charge in [-0.05, 0) is 24.3 Å².